The molecule has 2 amide bonds. The number of nitrogens with one attached hydrogen (secondary N) is 2. The third-order valence-electron chi connectivity index (χ3n) is 10.4. The first-order valence-corrected chi connectivity index (χ1v) is 24.7. The van der Waals surface area contributed by atoms with E-state index in [0.717, 1.165) is 21.1 Å². The van der Waals surface area contributed by atoms with Crippen molar-refractivity contribution >= 4 is 100.0 Å². The number of urea groups is 1. The van der Waals surface area contributed by atoms with Crippen LogP contribution in [0.1, 0.15) is 48.9 Å². The maximum atomic E-state index is 13.6. The molecule has 2 aliphatic rings. The largest absolute Gasteiger partial charge is 0.435 e. The highest BCUT2D eigenvalue weighted by Gasteiger charge is 2.32. The monoisotopic (exact) mass is 1210 g/mol. The van der Waals surface area contributed by atoms with Gasteiger partial charge in [-0.25, -0.2) is 19.5 Å². The fourth-order valence-corrected chi connectivity index (χ4v) is 7.73. The van der Waals surface area contributed by atoms with E-state index in [9.17, 15) is 22.4 Å². The Morgan fingerprint density at radius 3 is 1.80 bits per heavy atom. The van der Waals surface area contributed by atoms with E-state index in [4.69, 9.17) is 28.5 Å². The van der Waals surface area contributed by atoms with Crippen molar-refractivity contribution in [3.63, 3.8) is 0 Å². The van der Waals surface area contributed by atoms with Crippen LogP contribution in [0.3, 0.4) is 0 Å². The van der Waals surface area contributed by atoms with E-state index in [1.54, 1.807) is 70.3 Å². The number of nitriles is 2. The van der Waals surface area contributed by atoms with Gasteiger partial charge in [0.1, 0.15) is 11.5 Å². The van der Waals surface area contributed by atoms with E-state index in [1.165, 1.54) is 46.6 Å². The lowest BCUT2D eigenvalue weighted by atomic mass is 9.99. The van der Waals surface area contributed by atoms with Crippen molar-refractivity contribution in [1.29, 1.82) is 10.5 Å². The van der Waals surface area contributed by atoms with Gasteiger partial charge in [0.25, 0.3) is 0 Å². The summed E-state index contributed by atoms with van der Waals surface area (Å²) in [4.78, 5) is 30.8. The number of alkyl halides is 4. The van der Waals surface area contributed by atoms with E-state index >= 15 is 0 Å². The summed E-state index contributed by atoms with van der Waals surface area (Å²) in [6.45, 7) is 10.1. The molecule has 2 aromatic heterocycles. The Morgan fingerprint density at radius 1 is 0.789 bits per heavy atom. The third-order valence-corrected chi connectivity index (χ3v) is 11.5. The molecule has 0 aliphatic carbocycles. The molecule has 8 rings (SSSR count). The van der Waals surface area contributed by atoms with Crippen LogP contribution < -0.4 is 25.1 Å². The summed E-state index contributed by atoms with van der Waals surface area (Å²) in [5.41, 5.74) is 7.54. The zero-order chi connectivity index (χ0) is 55.0. The summed E-state index contributed by atoms with van der Waals surface area (Å²) < 4.78 is 63.7. The summed E-state index contributed by atoms with van der Waals surface area (Å²) in [5.74, 6) is 0.0251. The molecule has 76 heavy (non-hydrogen) atoms. The molecule has 0 saturated heterocycles. The lowest BCUT2D eigenvalue weighted by Gasteiger charge is -2.33. The SMILES string of the molecule is N#CCCNc1ccc(Br)cc1.O=C(Cl)Cl.[C-]#[N+]c1cnn(C2CCN(C(=O)N(CCC#N)c3ccc(Br)cc3)N=C2c2cccc(OC(F)F)c2)c1.[C-]#[N+]c1cnn(C2CCNN=C2c2cccc(OC(F)F)c2)c1. The molecule has 0 bridgehead atoms. The highest BCUT2D eigenvalue weighted by Crippen LogP contribution is 2.31. The fraction of sp³-hybridized carbons (Fsp3) is 0.240. The number of nitrogens with zero attached hydrogens (tertiary/aromatic N) is 12. The summed E-state index contributed by atoms with van der Waals surface area (Å²) in [6.07, 6.45) is 7.92. The Labute approximate surface area is 460 Å². The van der Waals surface area contributed by atoms with Gasteiger partial charge in [-0.05, 0) is 109 Å². The van der Waals surface area contributed by atoms with Gasteiger partial charge in [-0.2, -0.15) is 48.5 Å². The van der Waals surface area contributed by atoms with Gasteiger partial charge < -0.3 is 20.2 Å². The van der Waals surface area contributed by atoms with Crippen LogP contribution in [0.25, 0.3) is 9.69 Å². The number of benzene rings is 4. The van der Waals surface area contributed by atoms with Crippen LogP contribution in [-0.2, 0) is 0 Å². The number of hydrogen-bond acceptors (Lipinski definition) is 12. The van der Waals surface area contributed by atoms with Crippen molar-refractivity contribution in [1.82, 2.24) is 30.0 Å². The Kier molecular flexibility index (Phi) is 23.5. The van der Waals surface area contributed by atoms with Gasteiger partial charge in [0, 0.05) is 70.0 Å². The van der Waals surface area contributed by atoms with Crippen molar-refractivity contribution in [3.8, 4) is 23.6 Å². The molecule has 0 saturated carbocycles. The molecule has 26 heteroatoms. The molecule has 4 aromatic carbocycles. The summed E-state index contributed by atoms with van der Waals surface area (Å²) in [5, 5.41) is 39.2. The van der Waals surface area contributed by atoms with E-state index in [0.29, 0.717) is 65.5 Å². The molecule has 0 radical (unpaired) electrons. The van der Waals surface area contributed by atoms with E-state index < -0.39 is 30.0 Å². The number of carbonyl (C=O) groups excluding carboxylic acids is 2. The van der Waals surface area contributed by atoms with Crippen LogP contribution in [0.4, 0.5) is 49.9 Å². The maximum absolute atomic E-state index is 13.6. The maximum Gasteiger partial charge on any atom is 0.387 e. The molecular weight excluding hydrogens is 1170 g/mol. The van der Waals surface area contributed by atoms with Gasteiger partial charge in [-0.15, -0.1) is 0 Å². The molecule has 2 atom stereocenters. The molecule has 2 aliphatic heterocycles. The highest BCUT2D eigenvalue weighted by molar-refractivity contribution is 9.10. The van der Waals surface area contributed by atoms with Crippen molar-refractivity contribution < 1.29 is 36.6 Å². The second-order valence-electron chi connectivity index (χ2n) is 15.4. The lowest BCUT2D eigenvalue weighted by molar-refractivity contribution is -0.0505. The van der Waals surface area contributed by atoms with E-state index in [2.05, 4.69) is 118 Å². The van der Waals surface area contributed by atoms with Gasteiger partial charge in [0.05, 0.1) is 74.0 Å². The molecule has 2 N–H and O–H groups in total. The average Bonchev–Trinajstić information content (AvgIpc) is 4.11. The first-order valence-electron chi connectivity index (χ1n) is 22.4. The number of hydrazone groups is 2. The number of carbonyl (C=O) groups is 2. The second-order valence-corrected chi connectivity index (χ2v) is 18.1. The number of rotatable bonds is 14. The number of anilines is 2. The number of ether oxygens (including phenoxy) is 2. The van der Waals surface area contributed by atoms with Crippen molar-refractivity contribution in [3.05, 3.63) is 165 Å². The standard InChI is InChI=1S/C25H20BrF2N7O2.C15H13F2N5O.C9H9BrN2.CCl2O/c1-30-19-15-31-35(16-19)22-10-13-34(32-23(22)17-4-2-5-21(14-17)37-24(27)28)25(36)33(12-3-11-29)20-8-6-18(26)7-9-20;1-18-11-8-20-22(9-11)13-5-6-19-21-14(13)10-3-2-4-12(7-10)23-15(16)17;10-8-2-4-9(5-3-8)12-7-1-6-11;2-1(3)4/h2,4-9,14-16,22,24H,3,10,12-13H2;2-4,7-9,13,15,19H,5-6H2;2-5,12H,1,7H2;. The second kappa shape index (κ2) is 30.4. The number of amides is 2. The highest BCUT2D eigenvalue weighted by atomic mass is 79.9. The van der Waals surface area contributed by atoms with Crippen LogP contribution in [0, 0.1) is 35.8 Å². The molecule has 0 spiro atoms. The minimum atomic E-state index is -3.00. The van der Waals surface area contributed by atoms with Crippen LogP contribution in [0.5, 0.6) is 11.5 Å². The predicted molar refractivity (Wildman–Crippen MR) is 285 cm³/mol. The number of hydrogen-bond donors (Lipinski definition) is 2. The Bertz CT molecular complexity index is 3120. The first-order chi connectivity index (χ1) is 36.6. The number of halogens is 8. The summed E-state index contributed by atoms with van der Waals surface area (Å²) in [7, 11) is 0. The third kappa shape index (κ3) is 18.4. The zero-order valence-corrected chi connectivity index (χ0v) is 44.2. The molecule has 18 nitrogen and oxygen atoms in total. The zero-order valence-electron chi connectivity index (χ0n) is 39.5. The first kappa shape index (κ1) is 58.9. The van der Waals surface area contributed by atoms with E-state index in [-0.39, 0.29) is 37.1 Å². The minimum Gasteiger partial charge on any atom is -0.435 e. The lowest BCUT2D eigenvalue weighted by Crippen LogP contribution is -2.45. The number of aromatic nitrogens is 4. The van der Waals surface area contributed by atoms with Crippen LogP contribution in [-0.4, -0.2) is 86.1 Å². The minimum absolute atomic E-state index is 0.0507. The Morgan fingerprint density at radius 2 is 1.30 bits per heavy atom. The average molecular weight is 1210 g/mol. The summed E-state index contributed by atoms with van der Waals surface area (Å²) >= 11 is 15.5. The van der Waals surface area contributed by atoms with Crippen LogP contribution in [0.2, 0.25) is 0 Å². The Hall–Kier alpha value is -8.00. The normalized spacial score (nSPS) is 14.3. The fourth-order valence-electron chi connectivity index (χ4n) is 7.21. The van der Waals surface area contributed by atoms with Gasteiger partial charge in [0.2, 0.25) is 11.4 Å². The van der Waals surface area contributed by atoms with Gasteiger partial charge >= 0.3 is 24.0 Å². The molecule has 2 unspecified atom stereocenters. The smallest absolute Gasteiger partial charge is 0.387 e. The summed E-state index contributed by atoms with van der Waals surface area (Å²) in [6, 6.07) is 30.5. The predicted octanol–water partition coefficient (Wildman–Crippen LogP) is 13.3. The topological polar surface area (TPSA) is 200 Å². The molecule has 6 aromatic rings. The molecular formula is C50H42Br2Cl2F4N14O4. The van der Waals surface area contributed by atoms with Crippen molar-refractivity contribution in [2.45, 2.75) is 51.0 Å². The van der Waals surface area contributed by atoms with Crippen molar-refractivity contribution in [2.24, 2.45) is 10.2 Å². The molecule has 4 heterocycles. The molecule has 0 fully saturated rings. The van der Waals surface area contributed by atoms with Crippen molar-refractivity contribution in [2.75, 3.05) is 36.4 Å². The van der Waals surface area contributed by atoms with Crippen LogP contribution >= 0.6 is 55.1 Å². The van der Waals surface area contributed by atoms with Gasteiger partial charge in [-0.1, -0.05) is 56.1 Å². The molecule has 392 valence electrons. The van der Waals surface area contributed by atoms with Gasteiger partial charge in [-0.3, -0.25) is 19.1 Å². The quantitative estimate of drug-likeness (QED) is 0.0458. The Balaban J connectivity index is 0.000000230. The van der Waals surface area contributed by atoms with E-state index in [1.807, 2.05) is 24.3 Å². The van der Waals surface area contributed by atoms with Gasteiger partial charge in [0.15, 0.2) is 0 Å². The van der Waals surface area contributed by atoms with Crippen LogP contribution in [0.15, 0.2) is 141 Å².